The van der Waals surface area contributed by atoms with Gasteiger partial charge in [-0.2, -0.15) is 0 Å². The number of hydrogen-bond donors (Lipinski definition) is 1. The van der Waals surface area contributed by atoms with Crippen molar-refractivity contribution in [2.45, 2.75) is 12.2 Å². The molecule has 2 unspecified atom stereocenters. The van der Waals surface area contributed by atoms with Crippen LogP contribution in [0.5, 0.6) is 5.75 Å². The fourth-order valence-corrected chi connectivity index (χ4v) is 2.01. The Kier molecular flexibility index (Phi) is 3.29. The lowest BCUT2D eigenvalue weighted by molar-refractivity contribution is 0.0737. The van der Waals surface area contributed by atoms with Gasteiger partial charge in [0.15, 0.2) is 0 Å². The molecule has 0 aromatic heterocycles. The zero-order chi connectivity index (χ0) is 10.8. The summed E-state index contributed by atoms with van der Waals surface area (Å²) in [5, 5.41) is 9.70. The van der Waals surface area contributed by atoms with Crippen LogP contribution in [0.2, 0.25) is 0 Å². The molecule has 0 spiro atoms. The minimum Gasteiger partial charge on any atom is -0.486 e. The highest BCUT2D eigenvalue weighted by Crippen LogP contribution is 2.20. The average molecular weight is 272 g/mol. The van der Waals surface area contributed by atoms with Gasteiger partial charge in [0.05, 0.1) is 0 Å². The molecule has 0 aliphatic carbocycles. The summed E-state index contributed by atoms with van der Waals surface area (Å²) in [4.78, 5) is 2.06. The van der Waals surface area contributed by atoms with Crippen molar-refractivity contribution in [3.8, 4) is 5.75 Å². The Labute approximate surface area is 97.8 Å². The largest absolute Gasteiger partial charge is 0.486 e. The van der Waals surface area contributed by atoms with Crippen molar-refractivity contribution < 1.29 is 9.84 Å². The number of ether oxygens (including phenoxy) is 1. The highest BCUT2D eigenvalue weighted by Gasteiger charge is 2.30. The van der Waals surface area contributed by atoms with E-state index in [1.54, 1.807) is 0 Å². The third-order valence-corrected chi connectivity index (χ3v) is 3.05. The Morgan fingerprint density at radius 2 is 2.00 bits per heavy atom. The fourth-order valence-electron chi connectivity index (χ4n) is 1.74. The number of β-amino-alcohol motifs (C(OH)–C–C–N with tert-alkyl or cyclic N) is 1. The molecule has 0 bridgehead atoms. The first-order valence-corrected chi connectivity index (χ1v) is 5.73. The van der Waals surface area contributed by atoms with E-state index in [4.69, 9.17) is 4.74 Å². The summed E-state index contributed by atoms with van der Waals surface area (Å²) in [6, 6.07) is 7.66. The van der Waals surface area contributed by atoms with Crippen molar-refractivity contribution in [3.05, 3.63) is 28.7 Å². The SMILES string of the molecule is CN1CC(O)C(Oc2ccc(Br)cc2)C1. The highest BCUT2D eigenvalue weighted by molar-refractivity contribution is 9.10. The van der Waals surface area contributed by atoms with Gasteiger partial charge in [-0.3, -0.25) is 4.90 Å². The second-order valence-electron chi connectivity index (χ2n) is 3.90. The van der Waals surface area contributed by atoms with Crippen LogP contribution in [-0.4, -0.2) is 42.4 Å². The van der Waals surface area contributed by atoms with Gasteiger partial charge in [-0.15, -0.1) is 0 Å². The molecule has 1 aliphatic rings. The van der Waals surface area contributed by atoms with Crippen molar-refractivity contribution in [1.29, 1.82) is 0 Å². The number of likely N-dealkylation sites (tertiary alicyclic amines) is 1. The quantitative estimate of drug-likeness (QED) is 0.885. The number of aliphatic hydroxyl groups is 1. The molecule has 1 heterocycles. The van der Waals surface area contributed by atoms with Crippen LogP contribution in [0.25, 0.3) is 0 Å². The third-order valence-electron chi connectivity index (χ3n) is 2.52. The number of hydrogen-bond acceptors (Lipinski definition) is 3. The molecule has 4 heteroatoms. The Morgan fingerprint density at radius 1 is 1.33 bits per heavy atom. The molecular formula is C11H14BrNO2. The summed E-state index contributed by atoms with van der Waals surface area (Å²) < 4.78 is 6.73. The van der Waals surface area contributed by atoms with Crippen LogP contribution in [0, 0.1) is 0 Å². The van der Waals surface area contributed by atoms with Crippen LogP contribution in [0.4, 0.5) is 0 Å². The monoisotopic (exact) mass is 271 g/mol. The maximum Gasteiger partial charge on any atom is 0.138 e. The number of nitrogens with zero attached hydrogens (tertiary/aromatic N) is 1. The molecule has 1 fully saturated rings. The average Bonchev–Trinajstić information content (AvgIpc) is 2.49. The number of benzene rings is 1. The molecule has 1 N–H and O–H groups in total. The lowest BCUT2D eigenvalue weighted by Crippen LogP contribution is -2.29. The number of aliphatic hydroxyl groups excluding tert-OH is 1. The summed E-state index contributed by atoms with van der Waals surface area (Å²) in [6.07, 6.45) is -0.505. The molecule has 0 radical (unpaired) electrons. The van der Waals surface area contributed by atoms with Gasteiger partial charge >= 0.3 is 0 Å². The zero-order valence-electron chi connectivity index (χ0n) is 8.56. The molecule has 15 heavy (non-hydrogen) atoms. The molecule has 3 nitrogen and oxygen atoms in total. The van der Waals surface area contributed by atoms with E-state index in [1.165, 1.54) is 0 Å². The van der Waals surface area contributed by atoms with Crippen LogP contribution in [0.1, 0.15) is 0 Å². The molecule has 82 valence electrons. The highest BCUT2D eigenvalue weighted by atomic mass is 79.9. The third kappa shape index (κ3) is 2.71. The first-order valence-electron chi connectivity index (χ1n) is 4.94. The molecule has 1 aromatic rings. The fraction of sp³-hybridized carbons (Fsp3) is 0.455. The van der Waals surface area contributed by atoms with Gasteiger partial charge in [0.25, 0.3) is 0 Å². The Morgan fingerprint density at radius 3 is 2.53 bits per heavy atom. The summed E-state index contributed by atoms with van der Waals surface area (Å²) in [5.41, 5.74) is 0. The Hall–Kier alpha value is -0.580. The topological polar surface area (TPSA) is 32.7 Å². The second-order valence-corrected chi connectivity index (χ2v) is 4.81. The first-order chi connectivity index (χ1) is 7.15. The molecule has 1 saturated heterocycles. The lowest BCUT2D eigenvalue weighted by Gasteiger charge is -2.16. The molecule has 1 aromatic carbocycles. The minimum absolute atomic E-state index is 0.115. The number of halogens is 1. The lowest BCUT2D eigenvalue weighted by atomic mass is 10.2. The van der Waals surface area contributed by atoms with Crippen molar-refractivity contribution in [3.63, 3.8) is 0 Å². The van der Waals surface area contributed by atoms with E-state index in [0.717, 1.165) is 16.8 Å². The first kappa shape index (κ1) is 10.9. The standard InChI is InChI=1S/C11H14BrNO2/c1-13-6-10(14)11(7-13)15-9-4-2-8(12)3-5-9/h2-5,10-11,14H,6-7H2,1H3. The predicted octanol–water partition coefficient (Wildman–Crippen LogP) is 1.50. The predicted molar refractivity (Wildman–Crippen MR) is 62.1 cm³/mol. The normalized spacial score (nSPS) is 26.9. The molecule has 2 rings (SSSR count). The summed E-state index contributed by atoms with van der Waals surface area (Å²) in [5.74, 6) is 0.803. The van der Waals surface area contributed by atoms with E-state index >= 15 is 0 Å². The van der Waals surface area contributed by atoms with E-state index in [-0.39, 0.29) is 6.10 Å². The van der Waals surface area contributed by atoms with Crippen LogP contribution in [-0.2, 0) is 0 Å². The van der Waals surface area contributed by atoms with Gasteiger partial charge in [-0.1, -0.05) is 15.9 Å². The van der Waals surface area contributed by atoms with E-state index in [1.807, 2.05) is 31.3 Å². The van der Waals surface area contributed by atoms with Crippen molar-refractivity contribution >= 4 is 15.9 Å². The van der Waals surface area contributed by atoms with Crippen LogP contribution in [0.15, 0.2) is 28.7 Å². The number of rotatable bonds is 2. The van der Waals surface area contributed by atoms with E-state index < -0.39 is 6.10 Å². The molecule has 0 amide bonds. The number of likely N-dealkylation sites (N-methyl/N-ethyl adjacent to an activating group) is 1. The van der Waals surface area contributed by atoms with Gasteiger partial charge in [0, 0.05) is 17.6 Å². The van der Waals surface area contributed by atoms with Crippen LogP contribution < -0.4 is 4.74 Å². The molecular weight excluding hydrogens is 258 g/mol. The van der Waals surface area contributed by atoms with Gasteiger partial charge in [0.2, 0.25) is 0 Å². The van der Waals surface area contributed by atoms with Gasteiger partial charge in [-0.05, 0) is 31.3 Å². The maximum absolute atomic E-state index is 9.70. The summed E-state index contributed by atoms with van der Waals surface area (Å²) in [6.45, 7) is 1.46. The van der Waals surface area contributed by atoms with E-state index in [9.17, 15) is 5.11 Å². The van der Waals surface area contributed by atoms with Crippen molar-refractivity contribution in [1.82, 2.24) is 4.90 Å². The van der Waals surface area contributed by atoms with Crippen molar-refractivity contribution in [2.24, 2.45) is 0 Å². The molecule has 1 aliphatic heterocycles. The van der Waals surface area contributed by atoms with Crippen LogP contribution in [0.3, 0.4) is 0 Å². The van der Waals surface area contributed by atoms with Crippen LogP contribution >= 0.6 is 15.9 Å². The van der Waals surface area contributed by atoms with Gasteiger partial charge in [0.1, 0.15) is 18.0 Å². The smallest absolute Gasteiger partial charge is 0.138 e. The van der Waals surface area contributed by atoms with Crippen molar-refractivity contribution in [2.75, 3.05) is 20.1 Å². The Balaban J connectivity index is 2.00. The Bertz CT molecular complexity index is 328. The minimum atomic E-state index is -0.390. The maximum atomic E-state index is 9.70. The summed E-state index contributed by atoms with van der Waals surface area (Å²) in [7, 11) is 1.98. The van der Waals surface area contributed by atoms with Gasteiger partial charge < -0.3 is 9.84 Å². The molecule has 0 saturated carbocycles. The van der Waals surface area contributed by atoms with E-state index in [2.05, 4.69) is 20.8 Å². The van der Waals surface area contributed by atoms with E-state index in [0.29, 0.717) is 6.54 Å². The zero-order valence-corrected chi connectivity index (χ0v) is 10.1. The molecule has 2 atom stereocenters. The summed E-state index contributed by atoms with van der Waals surface area (Å²) >= 11 is 3.37. The van der Waals surface area contributed by atoms with Gasteiger partial charge in [-0.25, -0.2) is 0 Å². The second kappa shape index (κ2) is 4.51.